The van der Waals surface area contributed by atoms with Gasteiger partial charge in [0.15, 0.2) is 0 Å². The minimum absolute atomic E-state index is 0.100. The van der Waals surface area contributed by atoms with Crippen LogP contribution in [0.3, 0.4) is 0 Å². The van der Waals surface area contributed by atoms with Gasteiger partial charge in [-0.1, -0.05) is 19.4 Å². The maximum absolute atomic E-state index is 10.5. The van der Waals surface area contributed by atoms with Gasteiger partial charge in [0.05, 0.1) is 5.97 Å². The van der Waals surface area contributed by atoms with Gasteiger partial charge in [-0.15, -0.1) is 0 Å². The van der Waals surface area contributed by atoms with E-state index in [0.717, 1.165) is 5.57 Å². The van der Waals surface area contributed by atoms with Crippen LogP contribution in [0, 0.1) is 17.3 Å². The van der Waals surface area contributed by atoms with Crippen molar-refractivity contribution in [1.29, 1.82) is 0 Å². The Labute approximate surface area is 78.6 Å². The number of carbonyl (C=O) groups excluding carboxylic acids is 1. The van der Waals surface area contributed by atoms with Crippen molar-refractivity contribution >= 4 is 5.97 Å². The molecule has 72 valence electrons. The zero-order chi connectivity index (χ0) is 9.64. The SMILES string of the molecule is CC1(C)/C(=C/C(=O)[O-])[C@@H]2CC[C@H]1C2. The van der Waals surface area contributed by atoms with Crippen LogP contribution in [0.15, 0.2) is 11.6 Å². The highest BCUT2D eigenvalue weighted by Gasteiger charge is 2.48. The van der Waals surface area contributed by atoms with Crippen molar-refractivity contribution in [2.45, 2.75) is 33.1 Å². The molecule has 2 aliphatic carbocycles. The minimum Gasteiger partial charge on any atom is -0.545 e. The van der Waals surface area contributed by atoms with Crippen LogP contribution >= 0.6 is 0 Å². The molecule has 2 atom stereocenters. The van der Waals surface area contributed by atoms with Gasteiger partial charge in [0, 0.05) is 0 Å². The van der Waals surface area contributed by atoms with E-state index in [1.54, 1.807) is 0 Å². The summed E-state index contributed by atoms with van der Waals surface area (Å²) in [7, 11) is 0. The van der Waals surface area contributed by atoms with Crippen LogP contribution in [0.2, 0.25) is 0 Å². The van der Waals surface area contributed by atoms with Crippen LogP contribution in [0.4, 0.5) is 0 Å². The topological polar surface area (TPSA) is 40.1 Å². The zero-order valence-corrected chi connectivity index (χ0v) is 8.17. The second kappa shape index (κ2) is 2.60. The molecule has 0 heterocycles. The average Bonchev–Trinajstić information content (AvgIpc) is 2.53. The van der Waals surface area contributed by atoms with Crippen molar-refractivity contribution in [1.82, 2.24) is 0 Å². The molecule has 2 bridgehead atoms. The van der Waals surface area contributed by atoms with E-state index in [-0.39, 0.29) is 5.41 Å². The summed E-state index contributed by atoms with van der Waals surface area (Å²) >= 11 is 0. The van der Waals surface area contributed by atoms with Gasteiger partial charge in [0.25, 0.3) is 0 Å². The molecule has 0 radical (unpaired) electrons. The third-order valence-electron chi connectivity index (χ3n) is 3.91. The van der Waals surface area contributed by atoms with Gasteiger partial charge < -0.3 is 9.90 Å². The van der Waals surface area contributed by atoms with Crippen molar-refractivity contribution in [3.8, 4) is 0 Å². The summed E-state index contributed by atoms with van der Waals surface area (Å²) < 4.78 is 0. The normalized spacial score (nSPS) is 38.5. The molecule has 0 aromatic heterocycles. The summed E-state index contributed by atoms with van der Waals surface area (Å²) in [5.74, 6) is 0.191. The highest BCUT2D eigenvalue weighted by atomic mass is 16.4. The lowest BCUT2D eigenvalue weighted by Gasteiger charge is -2.32. The Balaban J connectivity index is 2.34. The number of aliphatic carboxylic acids is 1. The number of rotatable bonds is 1. The molecule has 2 saturated carbocycles. The molecular weight excluding hydrogens is 164 g/mol. The number of carbonyl (C=O) groups is 1. The summed E-state index contributed by atoms with van der Waals surface area (Å²) in [5, 5.41) is 10.5. The smallest absolute Gasteiger partial charge is 0.0642 e. The number of allylic oxidation sites excluding steroid dienone is 1. The fourth-order valence-electron chi connectivity index (χ4n) is 3.11. The zero-order valence-electron chi connectivity index (χ0n) is 8.17. The first kappa shape index (κ1) is 8.79. The molecule has 0 aromatic carbocycles. The average molecular weight is 179 g/mol. The lowest BCUT2D eigenvalue weighted by Crippen LogP contribution is -2.27. The number of carboxylic acid groups (broad SMARTS) is 1. The number of hydrogen-bond acceptors (Lipinski definition) is 2. The van der Waals surface area contributed by atoms with E-state index in [0.29, 0.717) is 11.8 Å². The standard InChI is InChI=1S/C11H16O2/c1-11(2)8-4-3-7(5-8)9(11)6-10(12)13/h6-8H,3-5H2,1-2H3,(H,12,13)/p-1/b9-6+/t7-,8+/m1/s1. The Morgan fingerprint density at radius 2 is 2.23 bits per heavy atom. The van der Waals surface area contributed by atoms with Gasteiger partial charge in [-0.05, 0) is 42.6 Å². The highest BCUT2D eigenvalue weighted by Crippen LogP contribution is 2.58. The quantitative estimate of drug-likeness (QED) is 0.566. The van der Waals surface area contributed by atoms with Crippen LogP contribution in [-0.4, -0.2) is 5.97 Å². The Hall–Kier alpha value is -0.790. The Morgan fingerprint density at radius 3 is 2.69 bits per heavy atom. The Morgan fingerprint density at radius 1 is 1.54 bits per heavy atom. The first-order valence-electron chi connectivity index (χ1n) is 4.95. The van der Waals surface area contributed by atoms with E-state index in [1.165, 1.54) is 25.3 Å². The van der Waals surface area contributed by atoms with Gasteiger partial charge in [-0.25, -0.2) is 0 Å². The third-order valence-corrected chi connectivity index (χ3v) is 3.91. The van der Waals surface area contributed by atoms with E-state index in [1.807, 2.05) is 0 Å². The molecule has 2 aliphatic rings. The van der Waals surface area contributed by atoms with Crippen molar-refractivity contribution in [2.75, 3.05) is 0 Å². The van der Waals surface area contributed by atoms with E-state index in [4.69, 9.17) is 0 Å². The molecule has 2 fully saturated rings. The van der Waals surface area contributed by atoms with Crippen molar-refractivity contribution < 1.29 is 9.90 Å². The Bertz CT molecular complexity index is 276. The first-order valence-corrected chi connectivity index (χ1v) is 4.95. The van der Waals surface area contributed by atoms with Gasteiger partial charge >= 0.3 is 0 Å². The third kappa shape index (κ3) is 1.19. The van der Waals surface area contributed by atoms with Crippen molar-refractivity contribution in [2.24, 2.45) is 17.3 Å². The van der Waals surface area contributed by atoms with Crippen LogP contribution in [-0.2, 0) is 4.79 Å². The predicted molar refractivity (Wildman–Crippen MR) is 47.7 cm³/mol. The molecule has 0 N–H and O–H groups in total. The molecule has 0 amide bonds. The largest absolute Gasteiger partial charge is 0.545 e. The molecule has 2 nitrogen and oxygen atoms in total. The maximum atomic E-state index is 10.5. The van der Waals surface area contributed by atoms with Crippen LogP contribution < -0.4 is 5.11 Å². The van der Waals surface area contributed by atoms with Crippen LogP contribution in [0.5, 0.6) is 0 Å². The minimum atomic E-state index is -1.03. The molecule has 0 aromatic rings. The van der Waals surface area contributed by atoms with E-state index < -0.39 is 5.97 Å². The van der Waals surface area contributed by atoms with Crippen molar-refractivity contribution in [3.63, 3.8) is 0 Å². The lowest BCUT2D eigenvalue weighted by molar-refractivity contribution is -0.297. The molecule has 0 unspecified atom stereocenters. The molecule has 0 aliphatic heterocycles. The molecule has 0 saturated heterocycles. The summed E-state index contributed by atoms with van der Waals surface area (Å²) in [5.41, 5.74) is 1.21. The molecular formula is C11H15O2-. The molecule has 2 rings (SSSR count). The van der Waals surface area contributed by atoms with Crippen LogP contribution in [0.1, 0.15) is 33.1 Å². The van der Waals surface area contributed by atoms with Gasteiger partial charge in [0.1, 0.15) is 0 Å². The maximum Gasteiger partial charge on any atom is 0.0642 e. The number of carboxylic acids is 1. The lowest BCUT2D eigenvalue weighted by atomic mass is 9.73. The summed E-state index contributed by atoms with van der Waals surface area (Å²) in [6, 6.07) is 0. The van der Waals surface area contributed by atoms with Crippen molar-refractivity contribution in [3.05, 3.63) is 11.6 Å². The highest BCUT2D eigenvalue weighted by molar-refractivity contribution is 5.79. The first-order chi connectivity index (χ1) is 6.01. The van der Waals surface area contributed by atoms with Crippen LogP contribution in [0.25, 0.3) is 0 Å². The fraction of sp³-hybridized carbons (Fsp3) is 0.727. The van der Waals surface area contributed by atoms with Gasteiger partial charge in [-0.2, -0.15) is 0 Å². The number of fused-ring (bicyclic) bond motifs is 2. The van der Waals surface area contributed by atoms with E-state index >= 15 is 0 Å². The van der Waals surface area contributed by atoms with Gasteiger partial charge in [-0.3, -0.25) is 0 Å². The second-order valence-corrected chi connectivity index (χ2v) is 4.85. The molecule has 2 heteroatoms. The van der Waals surface area contributed by atoms with Gasteiger partial charge in [0.2, 0.25) is 0 Å². The van der Waals surface area contributed by atoms with E-state index in [2.05, 4.69) is 13.8 Å². The molecule has 13 heavy (non-hydrogen) atoms. The number of hydrogen-bond donors (Lipinski definition) is 0. The Kier molecular flexibility index (Phi) is 1.76. The van der Waals surface area contributed by atoms with E-state index in [9.17, 15) is 9.90 Å². The second-order valence-electron chi connectivity index (χ2n) is 4.85. The predicted octanol–water partition coefficient (Wildman–Crippen LogP) is 1.12. The summed E-state index contributed by atoms with van der Waals surface area (Å²) in [6.45, 7) is 4.32. The summed E-state index contributed by atoms with van der Waals surface area (Å²) in [4.78, 5) is 10.5. The fourth-order valence-corrected chi connectivity index (χ4v) is 3.11. The monoisotopic (exact) mass is 179 g/mol. The summed E-state index contributed by atoms with van der Waals surface area (Å²) in [6.07, 6.45) is 4.96. The molecule has 0 spiro atoms.